The summed E-state index contributed by atoms with van der Waals surface area (Å²) < 4.78 is 0. The van der Waals surface area contributed by atoms with E-state index in [1.54, 1.807) is 16.7 Å². The van der Waals surface area contributed by atoms with Gasteiger partial charge in [0.2, 0.25) is 5.91 Å². The van der Waals surface area contributed by atoms with Gasteiger partial charge >= 0.3 is 0 Å². The molecule has 0 aliphatic carbocycles. The van der Waals surface area contributed by atoms with Gasteiger partial charge in [-0.15, -0.1) is 0 Å². The average Bonchev–Trinajstić information content (AvgIpc) is 2.25. The third-order valence-corrected chi connectivity index (χ3v) is 2.97. The molecule has 0 unspecified atom stereocenters. The normalized spacial score (nSPS) is 12.2. The summed E-state index contributed by atoms with van der Waals surface area (Å²) in [5.41, 5.74) is 5.83. The molecule has 0 heterocycles. The molecule has 4 nitrogen and oxygen atoms in total. The molecular weight excluding hydrogens is 222 g/mol. The van der Waals surface area contributed by atoms with Crippen LogP contribution in [0.1, 0.15) is 26.7 Å². The van der Waals surface area contributed by atoms with E-state index in [9.17, 15) is 4.79 Å². The number of carbonyl (C=O) groups excluding carboxylic acids is 1. The largest absolute Gasteiger partial charge is 0.338 e. The molecule has 0 aromatic carbocycles. The Labute approximate surface area is 102 Å². The molecule has 0 radical (unpaired) electrons. The highest BCUT2D eigenvalue weighted by Gasteiger charge is 2.22. The van der Waals surface area contributed by atoms with E-state index in [0.29, 0.717) is 19.4 Å². The van der Waals surface area contributed by atoms with E-state index in [1.807, 2.05) is 20.1 Å². The summed E-state index contributed by atoms with van der Waals surface area (Å²) in [4.78, 5) is 13.7. The van der Waals surface area contributed by atoms with Crippen LogP contribution in [0.15, 0.2) is 0 Å². The van der Waals surface area contributed by atoms with Gasteiger partial charge in [-0.1, -0.05) is 0 Å². The molecule has 0 bridgehead atoms. The van der Waals surface area contributed by atoms with Gasteiger partial charge in [0.1, 0.15) is 0 Å². The van der Waals surface area contributed by atoms with Crippen LogP contribution in [0.4, 0.5) is 0 Å². The third kappa shape index (κ3) is 5.38. The van der Waals surface area contributed by atoms with Crippen molar-refractivity contribution in [3.63, 3.8) is 0 Å². The van der Waals surface area contributed by atoms with Crippen molar-refractivity contribution in [1.82, 2.24) is 4.90 Å². The second kappa shape index (κ2) is 8.43. The minimum absolute atomic E-state index is 0.0423. The summed E-state index contributed by atoms with van der Waals surface area (Å²) in [6.45, 7) is 4.35. The summed E-state index contributed by atoms with van der Waals surface area (Å²) in [7, 11) is 0. The molecular formula is C11H21N3OS. The Hall–Kier alpha value is -0.730. The zero-order valence-electron chi connectivity index (χ0n) is 10.3. The zero-order valence-corrected chi connectivity index (χ0v) is 11.1. The minimum Gasteiger partial charge on any atom is -0.338 e. The predicted octanol–water partition coefficient (Wildman–Crippen LogP) is 1.22. The Bertz CT molecular complexity index is 250. The first-order valence-electron chi connectivity index (χ1n) is 5.46. The molecule has 0 aromatic rings. The van der Waals surface area contributed by atoms with Gasteiger partial charge in [0, 0.05) is 12.6 Å². The predicted molar refractivity (Wildman–Crippen MR) is 68.1 cm³/mol. The molecule has 2 N–H and O–H groups in total. The third-order valence-electron chi connectivity index (χ3n) is 2.32. The standard InChI is InChI=1S/C11H21N3OS/c1-9(2)14(7-4-6-12)11(15)10(13)5-8-16-3/h9-10H,4-5,7-8,13H2,1-3H3/t10-/m1/s1. The average molecular weight is 243 g/mol. The van der Waals surface area contributed by atoms with E-state index in [4.69, 9.17) is 11.0 Å². The molecule has 1 amide bonds. The first kappa shape index (κ1) is 15.3. The summed E-state index contributed by atoms with van der Waals surface area (Å²) in [5, 5.41) is 8.54. The van der Waals surface area contributed by atoms with Crippen LogP contribution in [0.5, 0.6) is 0 Å². The van der Waals surface area contributed by atoms with Crippen LogP contribution in [0.2, 0.25) is 0 Å². The van der Waals surface area contributed by atoms with E-state index >= 15 is 0 Å². The number of thioether (sulfide) groups is 1. The van der Waals surface area contributed by atoms with Gasteiger partial charge in [-0.05, 0) is 32.3 Å². The Balaban J connectivity index is 4.31. The van der Waals surface area contributed by atoms with E-state index in [2.05, 4.69) is 6.07 Å². The minimum atomic E-state index is -0.437. The van der Waals surface area contributed by atoms with Crippen molar-refractivity contribution in [3.8, 4) is 6.07 Å². The number of hydrogen-bond donors (Lipinski definition) is 1. The Kier molecular flexibility index (Phi) is 8.04. The maximum atomic E-state index is 12.0. The zero-order chi connectivity index (χ0) is 12.6. The fraction of sp³-hybridized carbons (Fsp3) is 0.818. The van der Waals surface area contributed by atoms with Crippen LogP contribution < -0.4 is 5.73 Å². The summed E-state index contributed by atoms with van der Waals surface area (Å²) in [6.07, 6.45) is 3.04. The monoisotopic (exact) mass is 243 g/mol. The van der Waals surface area contributed by atoms with Crippen molar-refractivity contribution in [1.29, 1.82) is 5.26 Å². The molecule has 0 aromatic heterocycles. The van der Waals surface area contributed by atoms with Gasteiger partial charge in [0.15, 0.2) is 0 Å². The van der Waals surface area contributed by atoms with Gasteiger partial charge in [-0.3, -0.25) is 4.79 Å². The van der Waals surface area contributed by atoms with E-state index in [-0.39, 0.29) is 11.9 Å². The lowest BCUT2D eigenvalue weighted by atomic mass is 10.1. The number of amides is 1. The second-order valence-electron chi connectivity index (χ2n) is 3.92. The maximum Gasteiger partial charge on any atom is 0.239 e. The fourth-order valence-electron chi connectivity index (χ4n) is 1.37. The smallest absolute Gasteiger partial charge is 0.239 e. The quantitative estimate of drug-likeness (QED) is 0.730. The molecule has 0 saturated carbocycles. The van der Waals surface area contributed by atoms with Crippen LogP contribution in [0, 0.1) is 11.3 Å². The molecule has 0 spiro atoms. The number of rotatable bonds is 7. The highest BCUT2D eigenvalue weighted by atomic mass is 32.2. The van der Waals surface area contributed by atoms with Gasteiger partial charge in [-0.25, -0.2) is 0 Å². The molecule has 0 saturated heterocycles. The molecule has 0 rings (SSSR count). The summed E-state index contributed by atoms with van der Waals surface area (Å²) in [6, 6.07) is 1.71. The first-order valence-corrected chi connectivity index (χ1v) is 6.86. The Morgan fingerprint density at radius 3 is 2.62 bits per heavy atom. The molecule has 92 valence electrons. The molecule has 5 heteroatoms. The van der Waals surface area contributed by atoms with Crippen LogP contribution >= 0.6 is 11.8 Å². The van der Waals surface area contributed by atoms with Crippen molar-refractivity contribution < 1.29 is 4.79 Å². The lowest BCUT2D eigenvalue weighted by Crippen LogP contribution is -2.47. The van der Waals surface area contributed by atoms with Crippen molar-refractivity contribution in [2.24, 2.45) is 5.73 Å². The molecule has 1 atom stereocenters. The van der Waals surface area contributed by atoms with E-state index in [0.717, 1.165) is 5.75 Å². The van der Waals surface area contributed by atoms with Crippen LogP contribution in [-0.4, -0.2) is 41.4 Å². The van der Waals surface area contributed by atoms with Crippen molar-refractivity contribution in [2.45, 2.75) is 38.8 Å². The van der Waals surface area contributed by atoms with E-state index < -0.39 is 6.04 Å². The first-order chi connectivity index (χ1) is 7.54. The summed E-state index contributed by atoms with van der Waals surface area (Å²) >= 11 is 1.68. The lowest BCUT2D eigenvalue weighted by Gasteiger charge is -2.28. The number of nitrogens with zero attached hydrogens (tertiary/aromatic N) is 2. The van der Waals surface area contributed by atoms with Crippen LogP contribution in [0.25, 0.3) is 0 Å². The Morgan fingerprint density at radius 2 is 2.19 bits per heavy atom. The van der Waals surface area contributed by atoms with Crippen molar-refractivity contribution in [3.05, 3.63) is 0 Å². The molecule has 0 aliphatic rings. The number of hydrogen-bond acceptors (Lipinski definition) is 4. The van der Waals surface area contributed by atoms with Gasteiger partial charge < -0.3 is 10.6 Å². The maximum absolute atomic E-state index is 12.0. The van der Waals surface area contributed by atoms with Crippen LogP contribution in [-0.2, 0) is 4.79 Å². The lowest BCUT2D eigenvalue weighted by molar-refractivity contribution is -0.134. The number of nitriles is 1. The number of nitrogens with two attached hydrogens (primary N) is 1. The Morgan fingerprint density at radius 1 is 1.56 bits per heavy atom. The summed E-state index contributed by atoms with van der Waals surface area (Å²) in [5.74, 6) is 0.844. The molecule has 0 aliphatic heterocycles. The fourth-order valence-corrected chi connectivity index (χ4v) is 1.86. The molecule has 0 fully saturated rings. The second-order valence-corrected chi connectivity index (χ2v) is 4.91. The van der Waals surface area contributed by atoms with Crippen molar-refractivity contribution in [2.75, 3.05) is 18.6 Å². The SMILES string of the molecule is CSCC[C@@H](N)C(=O)N(CCC#N)C(C)C. The highest BCUT2D eigenvalue weighted by molar-refractivity contribution is 7.98. The van der Waals surface area contributed by atoms with Crippen LogP contribution in [0.3, 0.4) is 0 Å². The molecule has 16 heavy (non-hydrogen) atoms. The van der Waals surface area contributed by atoms with Gasteiger partial charge in [0.05, 0.1) is 18.5 Å². The van der Waals surface area contributed by atoms with Gasteiger partial charge in [-0.2, -0.15) is 17.0 Å². The van der Waals surface area contributed by atoms with E-state index in [1.165, 1.54) is 0 Å². The topological polar surface area (TPSA) is 70.1 Å². The van der Waals surface area contributed by atoms with Gasteiger partial charge in [0.25, 0.3) is 0 Å². The van der Waals surface area contributed by atoms with Crippen molar-refractivity contribution >= 4 is 17.7 Å². The highest BCUT2D eigenvalue weighted by Crippen LogP contribution is 2.06. The number of carbonyl (C=O) groups is 1.